The molecule has 4 atom stereocenters. The van der Waals surface area contributed by atoms with Gasteiger partial charge in [-0.05, 0) is 42.9 Å². The maximum atomic E-state index is 6.24. The van der Waals surface area contributed by atoms with Gasteiger partial charge in [0.2, 0.25) is 0 Å². The smallest absolute Gasteiger partial charge is 0.0983 e. The van der Waals surface area contributed by atoms with E-state index in [1.165, 1.54) is 6.42 Å². The number of alkyl halides is 4. The minimum Gasteiger partial charge on any atom is -0.0983 e. The summed E-state index contributed by atoms with van der Waals surface area (Å²) in [6.07, 6.45) is 7.30. The molecular formula is C11H12Cl4. The highest BCUT2D eigenvalue weighted by molar-refractivity contribution is 6.62. The lowest BCUT2D eigenvalue weighted by atomic mass is 9.72. The van der Waals surface area contributed by atoms with Gasteiger partial charge in [-0.2, -0.15) is 0 Å². The summed E-state index contributed by atoms with van der Waals surface area (Å²) in [5, 5.41) is 0. The molecule has 3 rings (SSSR count). The Kier molecular flexibility index (Phi) is 2.37. The van der Waals surface area contributed by atoms with Gasteiger partial charge in [-0.15, -0.1) is 0 Å². The van der Waals surface area contributed by atoms with E-state index in [0.29, 0.717) is 23.7 Å². The molecule has 4 heteroatoms. The van der Waals surface area contributed by atoms with Crippen LogP contribution in [0, 0.1) is 23.7 Å². The van der Waals surface area contributed by atoms with Gasteiger partial charge < -0.3 is 0 Å². The van der Waals surface area contributed by atoms with Crippen molar-refractivity contribution in [3.8, 4) is 0 Å². The van der Waals surface area contributed by atoms with Gasteiger partial charge >= 0.3 is 0 Å². The van der Waals surface area contributed by atoms with Crippen LogP contribution in [0.3, 0.4) is 0 Å². The summed E-state index contributed by atoms with van der Waals surface area (Å²) >= 11 is 25.0. The molecule has 0 saturated heterocycles. The summed E-state index contributed by atoms with van der Waals surface area (Å²) in [5.74, 6) is 2.48. The van der Waals surface area contributed by atoms with E-state index in [2.05, 4.69) is 12.2 Å². The van der Waals surface area contributed by atoms with Crippen molar-refractivity contribution < 1.29 is 0 Å². The van der Waals surface area contributed by atoms with Crippen molar-refractivity contribution in [2.45, 2.75) is 27.9 Å². The van der Waals surface area contributed by atoms with E-state index in [0.717, 1.165) is 12.8 Å². The standard InChI is InChI=1S/C11H12Cl4/c12-10(13)4-8-6-1-2-7(3-6)9(8)5-11(10,14)15/h1-2,6-9H,3-5H2. The molecule has 0 aromatic rings. The first-order chi connectivity index (χ1) is 6.91. The van der Waals surface area contributed by atoms with Crippen LogP contribution in [0.5, 0.6) is 0 Å². The van der Waals surface area contributed by atoms with Gasteiger partial charge in [0.25, 0.3) is 0 Å². The van der Waals surface area contributed by atoms with Crippen LogP contribution < -0.4 is 0 Å². The summed E-state index contributed by atoms with van der Waals surface area (Å²) in [5.41, 5.74) is 0. The van der Waals surface area contributed by atoms with Crippen molar-refractivity contribution in [3.05, 3.63) is 12.2 Å². The number of allylic oxidation sites excluding steroid dienone is 2. The van der Waals surface area contributed by atoms with Crippen LogP contribution in [-0.2, 0) is 0 Å². The Morgan fingerprint density at radius 1 is 0.800 bits per heavy atom. The predicted molar refractivity (Wildman–Crippen MR) is 65.8 cm³/mol. The number of hydrogen-bond acceptors (Lipinski definition) is 0. The van der Waals surface area contributed by atoms with Crippen molar-refractivity contribution in [1.82, 2.24) is 0 Å². The molecule has 0 amide bonds. The number of fused-ring (bicyclic) bond motifs is 5. The van der Waals surface area contributed by atoms with Crippen LogP contribution in [-0.4, -0.2) is 8.67 Å². The third-order valence-corrected chi connectivity index (χ3v) is 6.61. The van der Waals surface area contributed by atoms with Crippen LogP contribution in [0.1, 0.15) is 19.3 Å². The molecule has 15 heavy (non-hydrogen) atoms. The molecule has 0 aliphatic heterocycles. The lowest BCUT2D eigenvalue weighted by molar-refractivity contribution is 0.203. The molecule has 0 radical (unpaired) electrons. The van der Waals surface area contributed by atoms with Crippen LogP contribution in [0.4, 0.5) is 0 Å². The van der Waals surface area contributed by atoms with E-state index in [1.54, 1.807) is 0 Å². The highest BCUT2D eigenvalue weighted by Crippen LogP contribution is 2.63. The summed E-state index contributed by atoms with van der Waals surface area (Å²) in [7, 11) is 0. The molecule has 3 aliphatic carbocycles. The molecule has 2 fully saturated rings. The molecule has 84 valence electrons. The molecule has 2 bridgehead atoms. The van der Waals surface area contributed by atoms with Gasteiger partial charge in [-0.1, -0.05) is 58.6 Å². The molecule has 2 saturated carbocycles. The fourth-order valence-electron chi connectivity index (χ4n) is 3.52. The third-order valence-electron chi connectivity index (χ3n) is 4.32. The van der Waals surface area contributed by atoms with Gasteiger partial charge in [0.05, 0.1) is 0 Å². The van der Waals surface area contributed by atoms with Crippen LogP contribution in [0.2, 0.25) is 0 Å². The predicted octanol–water partition coefficient (Wildman–Crippen LogP) is 4.57. The lowest BCUT2D eigenvalue weighted by Crippen LogP contribution is -2.47. The van der Waals surface area contributed by atoms with E-state index < -0.39 is 8.67 Å². The molecule has 4 unspecified atom stereocenters. The van der Waals surface area contributed by atoms with Crippen molar-refractivity contribution in [3.63, 3.8) is 0 Å². The molecule has 0 heterocycles. The normalized spacial score (nSPS) is 49.3. The molecule has 0 aromatic carbocycles. The average molecular weight is 286 g/mol. The Morgan fingerprint density at radius 3 is 1.60 bits per heavy atom. The second kappa shape index (κ2) is 3.22. The lowest BCUT2D eigenvalue weighted by Gasteiger charge is -2.46. The summed E-state index contributed by atoms with van der Waals surface area (Å²) in [6, 6.07) is 0. The summed E-state index contributed by atoms with van der Waals surface area (Å²) in [4.78, 5) is 0. The molecule has 3 aliphatic rings. The Bertz CT molecular complexity index is 291. The highest BCUT2D eigenvalue weighted by atomic mass is 35.5. The first-order valence-corrected chi connectivity index (χ1v) is 6.86. The fourth-order valence-corrected chi connectivity index (χ4v) is 4.54. The third kappa shape index (κ3) is 1.48. The van der Waals surface area contributed by atoms with Gasteiger partial charge in [-0.3, -0.25) is 0 Å². The second-order valence-corrected chi connectivity index (χ2v) is 8.06. The van der Waals surface area contributed by atoms with Crippen molar-refractivity contribution >= 4 is 46.4 Å². The van der Waals surface area contributed by atoms with Gasteiger partial charge in [0.1, 0.15) is 0 Å². The zero-order valence-corrected chi connectivity index (χ0v) is 11.1. The van der Waals surface area contributed by atoms with E-state index in [9.17, 15) is 0 Å². The molecule has 0 nitrogen and oxygen atoms in total. The first kappa shape index (κ1) is 11.0. The van der Waals surface area contributed by atoms with Gasteiger partial charge in [-0.25, -0.2) is 0 Å². The van der Waals surface area contributed by atoms with E-state index >= 15 is 0 Å². The Balaban J connectivity index is 1.92. The fraction of sp³-hybridized carbons (Fsp3) is 0.818. The minimum atomic E-state index is -0.990. The molecule has 0 aromatic heterocycles. The molecule has 0 N–H and O–H groups in total. The SMILES string of the molecule is ClC1(Cl)CC2C3C=CC(C3)C2CC1(Cl)Cl. The van der Waals surface area contributed by atoms with Crippen molar-refractivity contribution in [2.24, 2.45) is 23.7 Å². The quantitative estimate of drug-likeness (QED) is 0.452. The Hall–Kier alpha value is 0.900. The van der Waals surface area contributed by atoms with Crippen LogP contribution in [0.25, 0.3) is 0 Å². The number of hydrogen-bond donors (Lipinski definition) is 0. The number of rotatable bonds is 0. The van der Waals surface area contributed by atoms with Crippen LogP contribution in [0.15, 0.2) is 12.2 Å². The van der Waals surface area contributed by atoms with Gasteiger partial charge in [0.15, 0.2) is 8.67 Å². The topological polar surface area (TPSA) is 0 Å². The maximum absolute atomic E-state index is 6.24. The van der Waals surface area contributed by atoms with Gasteiger partial charge in [0, 0.05) is 0 Å². The summed E-state index contributed by atoms with van der Waals surface area (Å²) in [6.45, 7) is 0. The Labute approximate surface area is 110 Å². The van der Waals surface area contributed by atoms with E-state index in [4.69, 9.17) is 46.4 Å². The zero-order valence-electron chi connectivity index (χ0n) is 8.10. The minimum absolute atomic E-state index is 0.584. The van der Waals surface area contributed by atoms with Crippen LogP contribution >= 0.6 is 46.4 Å². The van der Waals surface area contributed by atoms with Crippen molar-refractivity contribution in [2.75, 3.05) is 0 Å². The van der Waals surface area contributed by atoms with E-state index in [-0.39, 0.29) is 0 Å². The zero-order chi connectivity index (χ0) is 10.8. The average Bonchev–Trinajstić information content (AvgIpc) is 2.66. The van der Waals surface area contributed by atoms with Crippen molar-refractivity contribution in [1.29, 1.82) is 0 Å². The molecular weight excluding hydrogens is 274 g/mol. The largest absolute Gasteiger partial charge is 0.151 e. The maximum Gasteiger partial charge on any atom is 0.151 e. The Morgan fingerprint density at radius 2 is 1.20 bits per heavy atom. The second-order valence-electron chi connectivity index (χ2n) is 5.09. The molecule has 0 spiro atoms. The summed E-state index contributed by atoms with van der Waals surface area (Å²) < 4.78 is -1.98. The monoisotopic (exact) mass is 284 g/mol. The first-order valence-electron chi connectivity index (χ1n) is 5.35. The number of halogens is 4. The highest BCUT2D eigenvalue weighted by Gasteiger charge is 2.60. The van der Waals surface area contributed by atoms with E-state index in [1.807, 2.05) is 0 Å².